The lowest BCUT2D eigenvalue weighted by Gasteiger charge is -2.43. The fraction of sp³-hybridized carbons (Fsp3) is 0.364. The molecule has 5 heteroatoms. The summed E-state index contributed by atoms with van der Waals surface area (Å²) in [4.78, 5) is 17.4. The fourth-order valence-corrected chi connectivity index (χ4v) is 4.61. The van der Waals surface area contributed by atoms with E-state index < -0.39 is 0 Å². The van der Waals surface area contributed by atoms with Crippen molar-refractivity contribution in [2.45, 2.75) is 26.2 Å². The third-order valence-electron chi connectivity index (χ3n) is 6.17. The molecule has 5 rings (SSSR count). The molecule has 2 fully saturated rings. The van der Waals surface area contributed by atoms with Crippen molar-refractivity contribution in [3.8, 4) is 11.3 Å². The molecule has 1 amide bonds. The van der Waals surface area contributed by atoms with Gasteiger partial charge in [-0.05, 0) is 61.9 Å². The van der Waals surface area contributed by atoms with Crippen molar-refractivity contribution in [1.82, 2.24) is 14.7 Å². The minimum Gasteiger partial charge on any atom is -0.326 e. The minimum atomic E-state index is 0.145. The number of benzene rings is 1. The van der Waals surface area contributed by atoms with Crippen molar-refractivity contribution in [1.29, 1.82) is 0 Å². The lowest BCUT2D eigenvalue weighted by atomic mass is 9.61. The standard InChI is InChI=1S/C22H24N4O/c1-15-4-3-9-26-13-19(25-20(15)26)16-5-2-6-18(10-16)24-21(27)17-11-22(12-17)7-8-23-14-22/h2-6,9-10,13,17,23H,7-8,11-12,14H2,1H3,(H,24,27). The van der Waals surface area contributed by atoms with E-state index in [4.69, 9.17) is 4.98 Å². The summed E-state index contributed by atoms with van der Waals surface area (Å²) < 4.78 is 2.04. The fourth-order valence-electron chi connectivity index (χ4n) is 4.61. The number of nitrogens with zero attached hydrogens (tertiary/aromatic N) is 2. The van der Waals surface area contributed by atoms with Crippen LogP contribution in [0.2, 0.25) is 0 Å². The highest BCUT2D eigenvalue weighted by Crippen LogP contribution is 2.49. The molecule has 2 aromatic heterocycles. The molecule has 1 saturated carbocycles. The molecule has 27 heavy (non-hydrogen) atoms. The van der Waals surface area contributed by atoms with Crippen LogP contribution in [-0.2, 0) is 4.79 Å². The first-order valence-corrected chi connectivity index (χ1v) is 9.68. The number of anilines is 1. The molecular weight excluding hydrogens is 336 g/mol. The lowest BCUT2D eigenvalue weighted by Crippen LogP contribution is -2.44. The van der Waals surface area contributed by atoms with Crippen molar-refractivity contribution in [3.63, 3.8) is 0 Å². The summed E-state index contributed by atoms with van der Waals surface area (Å²) in [6, 6.07) is 12.1. The van der Waals surface area contributed by atoms with E-state index in [0.717, 1.165) is 54.1 Å². The number of hydrogen-bond acceptors (Lipinski definition) is 3. The Morgan fingerprint density at radius 3 is 2.96 bits per heavy atom. The van der Waals surface area contributed by atoms with Gasteiger partial charge in [0.25, 0.3) is 0 Å². The highest BCUT2D eigenvalue weighted by Gasteiger charge is 2.48. The summed E-state index contributed by atoms with van der Waals surface area (Å²) in [6.45, 7) is 4.22. The van der Waals surface area contributed by atoms with Gasteiger partial charge in [-0.1, -0.05) is 18.2 Å². The van der Waals surface area contributed by atoms with Crippen LogP contribution in [0.4, 0.5) is 5.69 Å². The zero-order valence-electron chi connectivity index (χ0n) is 15.5. The van der Waals surface area contributed by atoms with Crippen molar-refractivity contribution in [2.75, 3.05) is 18.4 Å². The quantitative estimate of drug-likeness (QED) is 0.750. The van der Waals surface area contributed by atoms with Crippen LogP contribution in [0.15, 0.2) is 48.8 Å². The molecule has 138 valence electrons. The first-order valence-electron chi connectivity index (χ1n) is 9.68. The van der Waals surface area contributed by atoms with Crippen molar-refractivity contribution < 1.29 is 4.79 Å². The summed E-state index contributed by atoms with van der Waals surface area (Å²) in [5.41, 5.74) is 5.27. The average Bonchev–Trinajstić information content (AvgIpc) is 3.29. The van der Waals surface area contributed by atoms with Gasteiger partial charge in [-0.25, -0.2) is 4.98 Å². The van der Waals surface area contributed by atoms with Crippen LogP contribution in [-0.4, -0.2) is 28.4 Å². The number of carbonyl (C=O) groups excluding carboxylic acids is 1. The SMILES string of the molecule is Cc1cccn2cc(-c3cccc(NC(=O)C4CC5(CCNC5)C4)c3)nc12. The van der Waals surface area contributed by atoms with E-state index in [1.807, 2.05) is 47.1 Å². The van der Waals surface area contributed by atoms with Gasteiger partial charge in [0.1, 0.15) is 5.65 Å². The van der Waals surface area contributed by atoms with E-state index in [1.54, 1.807) is 0 Å². The van der Waals surface area contributed by atoms with Gasteiger partial charge < -0.3 is 15.0 Å². The molecular formula is C22H24N4O. The predicted molar refractivity (Wildman–Crippen MR) is 107 cm³/mol. The smallest absolute Gasteiger partial charge is 0.227 e. The number of amides is 1. The Morgan fingerprint density at radius 2 is 2.19 bits per heavy atom. The molecule has 1 aliphatic heterocycles. The molecule has 0 bridgehead atoms. The highest BCUT2D eigenvalue weighted by atomic mass is 16.1. The largest absolute Gasteiger partial charge is 0.326 e. The van der Waals surface area contributed by atoms with Gasteiger partial charge in [-0.2, -0.15) is 0 Å². The van der Waals surface area contributed by atoms with Crippen LogP contribution in [0, 0.1) is 18.3 Å². The first kappa shape index (κ1) is 16.5. The molecule has 3 heterocycles. The number of aryl methyl sites for hydroxylation is 1. The summed E-state index contributed by atoms with van der Waals surface area (Å²) in [5.74, 6) is 0.293. The van der Waals surface area contributed by atoms with Gasteiger partial charge >= 0.3 is 0 Å². The van der Waals surface area contributed by atoms with Crippen LogP contribution >= 0.6 is 0 Å². The lowest BCUT2D eigenvalue weighted by molar-refractivity contribution is -0.126. The number of aromatic nitrogens is 2. The number of fused-ring (bicyclic) bond motifs is 1. The second kappa shape index (κ2) is 6.20. The van der Waals surface area contributed by atoms with Gasteiger partial charge in [-0.3, -0.25) is 4.79 Å². The Labute approximate surface area is 158 Å². The van der Waals surface area contributed by atoms with E-state index in [2.05, 4.69) is 23.6 Å². The van der Waals surface area contributed by atoms with Crippen LogP contribution in [0.25, 0.3) is 16.9 Å². The molecule has 1 aromatic carbocycles. The zero-order chi connectivity index (χ0) is 18.4. The van der Waals surface area contributed by atoms with Gasteiger partial charge in [0, 0.05) is 36.1 Å². The van der Waals surface area contributed by atoms with Crippen molar-refractivity contribution >= 4 is 17.2 Å². The molecule has 1 aliphatic carbocycles. The summed E-state index contributed by atoms with van der Waals surface area (Å²) in [5, 5.41) is 6.54. The Kier molecular flexibility index (Phi) is 3.79. The maximum atomic E-state index is 12.6. The Morgan fingerprint density at radius 1 is 1.30 bits per heavy atom. The van der Waals surface area contributed by atoms with Crippen molar-refractivity contribution in [3.05, 3.63) is 54.4 Å². The summed E-state index contributed by atoms with van der Waals surface area (Å²) >= 11 is 0. The predicted octanol–water partition coefficient (Wildman–Crippen LogP) is 3.64. The molecule has 0 atom stereocenters. The maximum absolute atomic E-state index is 12.6. The van der Waals surface area contributed by atoms with Gasteiger partial charge in [0.15, 0.2) is 0 Å². The number of imidazole rings is 1. The Bertz CT molecular complexity index is 1010. The average molecular weight is 360 g/mol. The topological polar surface area (TPSA) is 58.4 Å². The van der Waals surface area contributed by atoms with Crippen LogP contribution < -0.4 is 10.6 Å². The Balaban J connectivity index is 1.33. The number of pyridine rings is 1. The minimum absolute atomic E-state index is 0.145. The van der Waals surface area contributed by atoms with Gasteiger partial charge in [0.05, 0.1) is 5.69 Å². The first-order chi connectivity index (χ1) is 13.1. The Hall–Kier alpha value is -2.66. The number of nitrogens with one attached hydrogen (secondary N) is 2. The molecule has 3 aromatic rings. The number of rotatable bonds is 3. The molecule has 2 N–H and O–H groups in total. The number of carbonyl (C=O) groups is 1. The van der Waals surface area contributed by atoms with Gasteiger partial charge in [0.2, 0.25) is 5.91 Å². The normalized spacial score (nSPS) is 24.3. The van der Waals surface area contributed by atoms with E-state index in [-0.39, 0.29) is 11.8 Å². The third-order valence-corrected chi connectivity index (χ3v) is 6.17. The van der Waals surface area contributed by atoms with E-state index in [1.165, 1.54) is 6.42 Å². The molecule has 0 radical (unpaired) electrons. The summed E-state index contributed by atoms with van der Waals surface area (Å²) in [6.07, 6.45) is 7.27. The molecule has 5 nitrogen and oxygen atoms in total. The molecule has 2 aliphatic rings. The van der Waals surface area contributed by atoms with Crippen molar-refractivity contribution in [2.24, 2.45) is 11.3 Å². The van der Waals surface area contributed by atoms with E-state index >= 15 is 0 Å². The molecule has 0 unspecified atom stereocenters. The molecule has 1 saturated heterocycles. The highest BCUT2D eigenvalue weighted by molar-refractivity contribution is 5.93. The molecule has 1 spiro atoms. The zero-order valence-corrected chi connectivity index (χ0v) is 15.5. The monoisotopic (exact) mass is 360 g/mol. The van der Waals surface area contributed by atoms with Gasteiger partial charge in [-0.15, -0.1) is 0 Å². The summed E-state index contributed by atoms with van der Waals surface area (Å²) in [7, 11) is 0. The third kappa shape index (κ3) is 2.92. The van der Waals surface area contributed by atoms with Crippen LogP contribution in [0.1, 0.15) is 24.8 Å². The van der Waals surface area contributed by atoms with E-state index in [0.29, 0.717) is 5.41 Å². The van der Waals surface area contributed by atoms with Crippen LogP contribution in [0.3, 0.4) is 0 Å². The van der Waals surface area contributed by atoms with E-state index in [9.17, 15) is 4.79 Å². The maximum Gasteiger partial charge on any atom is 0.227 e. The number of hydrogen-bond donors (Lipinski definition) is 2. The van der Waals surface area contributed by atoms with Crippen LogP contribution in [0.5, 0.6) is 0 Å². The second-order valence-electron chi connectivity index (χ2n) is 8.15. The second-order valence-corrected chi connectivity index (χ2v) is 8.15.